The number of amides is 1. The summed E-state index contributed by atoms with van der Waals surface area (Å²) in [6.07, 6.45) is 3.16. The lowest BCUT2D eigenvalue weighted by Gasteiger charge is -2.18. The zero-order chi connectivity index (χ0) is 32.2. The van der Waals surface area contributed by atoms with Gasteiger partial charge in [-0.15, -0.1) is 0 Å². The molecule has 0 spiro atoms. The van der Waals surface area contributed by atoms with Crippen LogP contribution in [0.5, 0.6) is 5.75 Å². The first-order valence-corrected chi connectivity index (χ1v) is 15.2. The highest BCUT2D eigenvalue weighted by molar-refractivity contribution is 7.80. The number of carboxylic acid groups (broad SMARTS) is 1. The lowest BCUT2D eigenvalue weighted by molar-refractivity contribution is -0.122. The van der Waals surface area contributed by atoms with Crippen molar-refractivity contribution in [2.45, 2.75) is 32.6 Å². The van der Waals surface area contributed by atoms with Gasteiger partial charge in [-0.25, -0.2) is 4.79 Å². The maximum absolute atomic E-state index is 12.4. The first kappa shape index (κ1) is 33.4. The number of thiocarbonyl (C=S) groups is 1. The second-order valence-corrected chi connectivity index (χ2v) is 10.7. The zero-order valence-electron chi connectivity index (χ0n) is 25.0. The number of aromatic hydroxyl groups is 1. The van der Waals surface area contributed by atoms with Crippen molar-refractivity contribution in [2.75, 3.05) is 44.8 Å². The van der Waals surface area contributed by atoms with E-state index in [1.165, 1.54) is 30.3 Å². The number of carbonyl (C=O) groups is 2. The van der Waals surface area contributed by atoms with Crippen molar-refractivity contribution in [2.24, 2.45) is 0 Å². The number of phenols is 1. The predicted molar refractivity (Wildman–Crippen MR) is 176 cm³/mol. The van der Waals surface area contributed by atoms with Crippen LogP contribution in [-0.2, 0) is 14.3 Å². The number of nitrogens with one attached hydrogen (secondary N) is 3. The molecule has 0 fully saturated rings. The number of benzene rings is 3. The van der Waals surface area contributed by atoms with Gasteiger partial charge < -0.3 is 40.1 Å². The first-order valence-electron chi connectivity index (χ1n) is 14.8. The van der Waals surface area contributed by atoms with Gasteiger partial charge in [0.15, 0.2) is 10.5 Å². The molecule has 238 valence electrons. The molecule has 1 aliphatic carbocycles. The van der Waals surface area contributed by atoms with Crippen molar-refractivity contribution in [3.8, 4) is 28.2 Å². The standard InChI is InChI=1S/C33H37N3O8S/c1-2-3-14-42-15-4-12-34-30(39)11-16-43-17-13-35-33(45)36-21-5-8-24(27(18-21)32(40)41)31-25-9-6-22(37)19-28(25)44-29-20-23(38)7-10-26(29)31/h5-10,18-20,37H,2-4,11-17H2,1H3,(H,34,39)(H,40,41)(H2,35,36,45). The van der Waals surface area contributed by atoms with Crippen LogP contribution in [0.4, 0.5) is 5.69 Å². The third-order valence-electron chi connectivity index (χ3n) is 6.89. The second-order valence-electron chi connectivity index (χ2n) is 10.3. The normalized spacial score (nSPS) is 11.0. The van der Waals surface area contributed by atoms with Gasteiger partial charge in [-0.2, -0.15) is 0 Å². The average Bonchev–Trinajstić information content (AvgIpc) is 3.01. The van der Waals surface area contributed by atoms with Crippen LogP contribution >= 0.6 is 12.2 Å². The number of hydrogen-bond acceptors (Lipinski definition) is 8. The average molecular weight is 636 g/mol. The van der Waals surface area contributed by atoms with Gasteiger partial charge in [0.25, 0.3) is 0 Å². The number of rotatable bonds is 16. The molecule has 5 N–H and O–H groups in total. The number of anilines is 1. The van der Waals surface area contributed by atoms with Crippen LogP contribution in [0.1, 0.15) is 43.0 Å². The molecule has 1 heterocycles. The number of phenolic OH excluding ortho intramolecular Hbond substituents is 1. The molecule has 2 aromatic rings. The van der Waals surface area contributed by atoms with Crippen LogP contribution in [0.25, 0.3) is 33.4 Å². The molecular formula is C33H37N3O8S. The topological polar surface area (TPSA) is 159 Å². The zero-order valence-corrected chi connectivity index (χ0v) is 25.8. The van der Waals surface area contributed by atoms with Crippen molar-refractivity contribution in [3.05, 3.63) is 70.4 Å². The second kappa shape index (κ2) is 16.5. The van der Waals surface area contributed by atoms with E-state index in [9.17, 15) is 24.6 Å². The Balaban J connectivity index is 1.32. The first-order chi connectivity index (χ1) is 21.8. The summed E-state index contributed by atoms with van der Waals surface area (Å²) in [4.78, 5) is 36.4. The number of hydrogen-bond donors (Lipinski definition) is 5. The minimum atomic E-state index is -1.16. The molecule has 2 aromatic carbocycles. The van der Waals surface area contributed by atoms with Crippen LogP contribution in [0.3, 0.4) is 0 Å². The smallest absolute Gasteiger partial charge is 0.336 e. The minimum absolute atomic E-state index is 0.00139. The SMILES string of the molecule is CCCCOCCCNC(=O)CCOCCNC(=S)Nc1ccc(-c2c3ccc(=O)cc-3oc3cc(O)ccc23)c(C(=O)O)c1. The molecule has 0 radical (unpaired) electrons. The number of carboxylic acids is 1. The number of carbonyl (C=O) groups excluding carboxylic acids is 1. The molecule has 0 unspecified atom stereocenters. The molecule has 0 bridgehead atoms. The summed E-state index contributed by atoms with van der Waals surface area (Å²) < 4.78 is 16.9. The van der Waals surface area contributed by atoms with Gasteiger partial charge in [0.05, 0.1) is 18.8 Å². The molecule has 12 heteroatoms. The lowest BCUT2D eigenvalue weighted by Crippen LogP contribution is -2.32. The van der Waals surface area contributed by atoms with Gasteiger partial charge in [0.1, 0.15) is 17.1 Å². The molecule has 1 amide bonds. The monoisotopic (exact) mass is 635 g/mol. The number of aromatic carboxylic acids is 1. The minimum Gasteiger partial charge on any atom is -0.508 e. The Morgan fingerprint density at radius 2 is 1.67 bits per heavy atom. The molecule has 11 nitrogen and oxygen atoms in total. The van der Waals surface area contributed by atoms with E-state index in [4.69, 9.17) is 26.1 Å². The van der Waals surface area contributed by atoms with Crippen LogP contribution in [-0.4, -0.2) is 66.7 Å². The highest BCUT2D eigenvalue weighted by atomic mass is 32.1. The highest BCUT2D eigenvalue weighted by Crippen LogP contribution is 2.42. The fourth-order valence-corrected chi connectivity index (χ4v) is 4.90. The van der Waals surface area contributed by atoms with Crippen molar-refractivity contribution >= 4 is 45.9 Å². The maximum atomic E-state index is 12.4. The Morgan fingerprint density at radius 3 is 2.47 bits per heavy atom. The molecule has 1 aliphatic heterocycles. The van der Waals surface area contributed by atoms with E-state index < -0.39 is 5.97 Å². The van der Waals surface area contributed by atoms with Crippen molar-refractivity contribution in [1.29, 1.82) is 0 Å². The summed E-state index contributed by atoms with van der Waals surface area (Å²) >= 11 is 5.37. The van der Waals surface area contributed by atoms with Crippen LogP contribution in [0.15, 0.2) is 63.8 Å². The summed E-state index contributed by atoms with van der Waals surface area (Å²) in [5.74, 6) is -0.998. The molecule has 45 heavy (non-hydrogen) atoms. The molecule has 0 saturated carbocycles. The number of fused-ring (bicyclic) bond motifs is 2. The van der Waals surface area contributed by atoms with Gasteiger partial charge in [-0.1, -0.05) is 19.4 Å². The van der Waals surface area contributed by atoms with Gasteiger partial charge >= 0.3 is 5.97 Å². The van der Waals surface area contributed by atoms with Crippen LogP contribution in [0, 0.1) is 0 Å². The predicted octanol–water partition coefficient (Wildman–Crippen LogP) is 4.98. The summed E-state index contributed by atoms with van der Waals surface area (Å²) in [5, 5.41) is 29.8. The van der Waals surface area contributed by atoms with Crippen LogP contribution < -0.4 is 21.4 Å². The Labute approximate surface area is 265 Å². The van der Waals surface area contributed by atoms with Gasteiger partial charge in [-0.3, -0.25) is 9.59 Å². The van der Waals surface area contributed by atoms with Crippen molar-refractivity contribution in [1.82, 2.24) is 10.6 Å². The van der Waals surface area contributed by atoms with Crippen molar-refractivity contribution < 1.29 is 33.7 Å². The quantitative estimate of drug-likeness (QED) is 0.0642. The van der Waals surface area contributed by atoms with E-state index >= 15 is 0 Å². The Hall–Kier alpha value is -4.52. The molecule has 4 rings (SSSR count). The Bertz CT molecular complexity index is 1670. The fraction of sp³-hybridized carbons (Fsp3) is 0.333. The summed E-state index contributed by atoms with van der Waals surface area (Å²) in [6.45, 7) is 5.04. The van der Waals surface area contributed by atoms with E-state index in [1.807, 2.05) is 0 Å². The Kier molecular flexibility index (Phi) is 12.3. The molecule has 0 atom stereocenters. The van der Waals surface area contributed by atoms with Gasteiger partial charge in [0, 0.05) is 67.1 Å². The molecule has 0 aromatic heterocycles. The van der Waals surface area contributed by atoms with E-state index in [2.05, 4.69) is 22.9 Å². The van der Waals surface area contributed by atoms with E-state index in [1.54, 1.807) is 24.3 Å². The van der Waals surface area contributed by atoms with E-state index in [0.717, 1.165) is 25.9 Å². The van der Waals surface area contributed by atoms with Gasteiger partial charge in [-0.05, 0) is 67.0 Å². The number of unbranched alkanes of at least 4 members (excludes halogenated alkanes) is 1. The third kappa shape index (κ3) is 9.48. The summed E-state index contributed by atoms with van der Waals surface area (Å²) in [7, 11) is 0. The maximum Gasteiger partial charge on any atom is 0.336 e. The molecule has 0 saturated heterocycles. The Morgan fingerprint density at radius 1 is 0.889 bits per heavy atom. The highest BCUT2D eigenvalue weighted by Gasteiger charge is 2.22. The number of ether oxygens (including phenoxy) is 2. The summed E-state index contributed by atoms with van der Waals surface area (Å²) in [5.41, 5.74) is 2.01. The van der Waals surface area contributed by atoms with Crippen molar-refractivity contribution in [3.63, 3.8) is 0 Å². The largest absolute Gasteiger partial charge is 0.508 e. The third-order valence-corrected chi connectivity index (χ3v) is 7.14. The molecular weight excluding hydrogens is 598 g/mol. The fourth-order valence-electron chi connectivity index (χ4n) is 4.68. The summed E-state index contributed by atoms with van der Waals surface area (Å²) in [6, 6.07) is 13.7. The molecule has 2 aliphatic rings. The lowest BCUT2D eigenvalue weighted by atomic mass is 9.90. The van der Waals surface area contributed by atoms with Gasteiger partial charge in [0.2, 0.25) is 5.91 Å². The van der Waals surface area contributed by atoms with Crippen LogP contribution in [0.2, 0.25) is 0 Å². The van der Waals surface area contributed by atoms with E-state index in [0.29, 0.717) is 59.7 Å². The van der Waals surface area contributed by atoms with E-state index in [-0.39, 0.29) is 46.5 Å².